The van der Waals surface area contributed by atoms with E-state index in [1.54, 1.807) is 7.11 Å². The number of nitrogens with one attached hydrogen (secondary N) is 1. The number of benzene rings is 1. The number of hydrogen-bond acceptors (Lipinski definition) is 5. The van der Waals surface area contributed by atoms with Crippen LogP contribution >= 0.6 is 11.6 Å². The molecule has 100 valence electrons. The van der Waals surface area contributed by atoms with Crippen molar-refractivity contribution in [1.29, 1.82) is 0 Å². The highest BCUT2D eigenvalue weighted by Gasteiger charge is 2.07. The highest BCUT2D eigenvalue weighted by atomic mass is 35.5. The van der Waals surface area contributed by atoms with E-state index in [-0.39, 0.29) is 0 Å². The summed E-state index contributed by atoms with van der Waals surface area (Å²) in [5, 5.41) is 12.0. The lowest BCUT2D eigenvalue weighted by Crippen LogP contribution is -2.11. The van der Waals surface area contributed by atoms with Gasteiger partial charge in [-0.3, -0.25) is 0 Å². The predicted octanol–water partition coefficient (Wildman–Crippen LogP) is 2.56. The van der Waals surface area contributed by atoms with Crippen molar-refractivity contribution in [2.75, 3.05) is 25.6 Å². The van der Waals surface area contributed by atoms with Gasteiger partial charge in [0.2, 0.25) is 0 Å². The highest BCUT2D eigenvalue weighted by Crippen LogP contribution is 2.20. The summed E-state index contributed by atoms with van der Waals surface area (Å²) in [5.41, 5.74) is 1.59. The third-order valence-corrected chi connectivity index (χ3v) is 2.77. The number of hydrogen-bond donors (Lipinski definition) is 1. The summed E-state index contributed by atoms with van der Waals surface area (Å²) in [6.07, 6.45) is 0. The van der Waals surface area contributed by atoms with E-state index in [1.807, 2.05) is 31.2 Å². The second kappa shape index (κ2) is 6.45. The Kier molecular flexibility index (Phi) is 4.65. The molecule has 5 nitrogen and oxygen atoms in total. The van der Waals surface area contributed by atoms with E-state index < -0.39 is 0 Å². The minimum absolute atomic E-state index is 0.549. The van der Waals surface area contributed by atoms with Gasteiger partial charge in [-0.2, -0.15) is 0 Å². The molecule has 1 heterocycles. The van der Waals surface area contributed by atoms with Crippen molar-refractivity contribution in [2.45, 2.75) is 6.92 Å². The molecule has 1 aromatic heterocycles. The highest BCUT2D eigenvalue weighted by molar-refractivity contribution is 6.30. The van der Waals surface area contributed by atoms with Crippen LogP contribution < -0.4 is 5.32 Å². The molecule has 0 atom stereocenters. The number of halogens is 1. The zero-order chi connectivity index (χ0) is 13.7. The molecule has 2 rings (SSSR count). The third-order valence-electron chi connectivity index (χ3n) is 2.54. The monoisotopic (exact) mass is 278 g/mol. The normalized spacial score (nSPS) is 10.5. The predicted molar refractivity (Wildman–Crippen MR) is 75.4 cm³/mol. The van der Waals surface area contributed by atoms with Crippen molar-refractivity contribution in [2.24, 2.45) is 0 Å². The number of methoxy groups -OCH3 is 1. The number of aromatic nitrogens is 3. The van der Waals surface area contributed by atoms with E-state index in [2.05, 4.69) is 20.5 Å². The molecule has 0 aliphatic heterocycles. The van der Waals surface area contributed by atoms with Crippen LogP contribution in [0.15, 0.2) is 24.3 Å². The number of rotatable bonds is 5. The number of anilines is 1. The number of ether oxygens (including phenoxy) is 1. The molecule has 0 bridgehead atoms. The zero-order valence-electron chi connectivity index (χ0n) is 10.9. The molecule has 0 spiro atoms. The molecule has 6 heteroatoms. The van der Waals surface area contributed by atoms with Crippen LogP contribution in [0.4, 0.5) is 5.82 Å². The topological polar surface area (TPSA) is 59.9 Å². The molecule has 19 heavy (non-hydrogen) atoms. The van der Waals surface area contributed by atoms with E-state index in [9.17, 15) is 0 Å². The number of aryl methyl sites for hydroxylation is 1. The van der Waals surface area contributed by atoms with Gasteiger partial charge < -0.3 is 10.1 Å². The van der Waals surface area contributed by atoms with Gasteiger partial charge in [0.05, 0.1) is 6.61 Å². The SMILES string of the molecule is COCCNc1nc(-c2cccc(Cl)c2)nnc1C. The molecular formula is C13H15ClN4O. The summed E-state index contributed by atoms with van der Waals surface area (Å²) in [6, 6.07) is 7.38. The average molecular weight is 279 g/mol. The van der Waals surface area contributed by atoms with E-state index in [0.717, 1.165) is 11.3 Å². The Morgan fingerprint density at radius 1 is 1.32 bits per heavy atom. The fraction of sp³-hybridized carbons (Fsp3) is 0.308. The molecule has 0 unspecified atom stereocenters. The standard InChI is InChI=1S/C13H15ClN4O/c1-9-12(15-6-7-19-2)16-13(18-17-9)10-4-3-5-11(14)8-10/h3-5,8H,6-7H2,1-2H3,(H,15,16,18). The van der Waals surface area contributed by atoms with Gasteiger partial charge >= 0.3 is 0 Å². The Hall–Kier alpha value is -1.72. The first-order valence-corrected chi connectivity index (χ1v) is 6.28. The molecule has 1 aromatic carbocycles. The van der Waals surface area contributed by atoms with Gasteiger partial charge in [0, 0.05) is 24.2 Å². The van der Waals surface area contributed by atoms with Crippen molar-refractivity contribution in [1.82, 2.24) is 15.2 Å². The first-order valence-electron chi connectivity index (χ1n) is 5.91. The summed E-state index contributed by atoms with van der Waals surface area (Å²) < 4.78 is 4.99. The van der Waals surface area contributed by atoms with Crippen LogP contribution in [0, 0.1) is 6.92 Å². The first-order chi connectivity index (χ1) is 9.20. The molecule has 0 aliphatic carbocycles. The third kappa shape index (κ3) is 3.62. The minimum atomic E-state index is 0.549. The Labute approximate surface area is 117 Å². The maximum atomic E-state index is 5.96. The van der Waals surface area contributed by atoms with E-state index >= 15 is 0 Å². The van der Waals surface area contributed by atoms with Crippen molar-refractivity contribution < 1.29 is 4.74 Å². The molecule has 0 saturated carbocycles. The Morgan fingerprint density at radius 2 is 2.16 bits per heavy atom. The molecule has 1 N–H and O–H groups in total. The lowest BCUT2D eigenvalue weighted by molar-refractivity contribution is 0.210. The fourth-order valence-electron chi connectivity index (χ4n) is 1.57. The fourth-order valence-corrected chi connectivity index (χ4v) is 1.76. The van der Waals surface area contributed by atoms with Gasteiger partial charge in [-0.05, 0) is 19.1 Å². The Morgan fingerprint density at radius 3 is 2.89 bits per heavy atom. The van der Waals surface area contributed by atoms with Crippen molar-refractivity contribution in [3.63, 3.8) is 0 Å². The van der Waals surface area contributed by atoms with Crippen molar-refractivity contribution >= 4 is 17.4 Å². The lowest BCUT2D eigenvalue weighted by Gasteiger charge is -2.08. The summed E-state index contributed by atoms with van der Waals surface area (Å²) in [7, 11) is 1.66. The molecule has 0 radical (unpaired) electrons. The average Bonchev–Trinajstić information content (AvgIpc) is 2.41. The number of nitrogens with zero attached hydrogens (tertiary/aromatic N) is 3. The summed E-state index contributed by atoms with van der Waals surface area (Å²) in [4.78, 5) is 4.46. The van der Waals surface area contributed by atoms with Gasteiger partial charge in [0.25, 0.3) is 0 Å². The first kappa shape index (κ1) is 13.7. The van der Waals surface area contributed by atoms with E-state index in [1.165, 1.54) is 0 Å². The summed E-state index contributed by atoms with van der Waals surface area (Å²) >= 11 is 5.96. The molecule has 0 saturated heterocycles. The van der Waals surface area contributed by atoms with Gasteiger partial charge in [0.1, 0.15) is 5.69 Å². The van der Waals surface area contributed by atoms with Gasteiger partial charge in [-0.1, -0.05) is 23.7 Å². The van der Waals surface area contributed by atoms with Crippen LogP contribution in [0.5, 0.6) is 0 Å². The lowest BCUT2D eigenvalue weighted by atomic mass is 10.2. The van der Waals surface area contributed by atoms with Crippen molar-refractivity contribution in [3.8, 4) is 11.4 Å². The zero-order valence-corrected chi connectivity index (χ0v) is 11.6. The van der Waals surface area contributed by atoms with Crippen LogP contribution in [0.3, 0.4) is 0 Å². The summed E-state index contributed by atoms with van der Waals surface area (Å²) in [6.45, 7) is 3.14. The van der Waals surface area contributed by atoms with Crippen LogP contribution in [0.2, 0.25) is 5.02 Å². The van der Waals surface area contributed by atoms with E-state index in [0.29, 0.717) is 29.8 Å². The second-order valence-electron chi connectivity index (χ2n) is 4.00. The Balaban J connectivity index is 2.25. The molecule has 0 amide bonds. The van der Waals surface area contributed by atoms with E-state index in [4.69, 9.17) is 16.3 Å². The molecular weight excluding hydrogens is 264 g/mol. The van der Waals surface area contributed by atoms with Crippen LogP contribution in [-0.4, -0.2) is 35.4 Å². The van der Waals surface area contributed by atoms with Gasteiger partial charge in [-0.25, -0.2) is 4.98 Å². The maximum absolute atomic E-state index is 5.96. The van der Waals surface area contributed by atoms with Crippen LogP contribution in [0.1, 0.15) is 5.69 Å². The quantitative estimate of drug-likeness (QED) is 0.852. The van der Waals surface area contributed by atoms with Crippen LogP contribution in [-0.2, 0) is 4.74 Å². The van der Waals surface area contributed by atoms with Gasteiger partial charge in [0.15, 0.2) is 11.6 Å². The molecule has 2 aromatic rings. The largest absolute Gasteiger partial charge is 0.383 e. The van der Waals surface area contributed by atoms with Crippen molar-refractivity contribution in [3.05, 3.63) is 35.0 Å². The Bertz CT molecular complexity index is 562. The molecule has 0 fully saturated rings. The second-order valence-corrected chi connectivity index (χ2v) is 4.44. The molecule has 0 aliphatic rings. The smallest absolute Gasteiger partial charge is 0.183 e. The maximum Gasteiger partial charge on any atom is 0.183 e. The van der Waals surface area contributed by atoms with Crippen LogP contribution in [0.25, 0.3) is 11.4 Å². The minimum Gasteiger partial charge on any atom is -0.383 e. The summed E-state index contributed by atoms with van der Waals surface area (Å²) in [5.74, 6) is 1.26. The van der Waals surface area contributed by atoms with Gasteiger partial charge in [-0.15, -0.1) is 10.2 Å².